The number of benzene rings is 3. The maximum absolute atomic E-state index is 12.6. The predicted octanol–water partition coefficient (Wildman–Crippen LogP) is 3.65. The molecule has 0 unspecified atom stereocenters. The van der Waals surface area contributed by atoms with E-state index in [2.05, 4.69) is 10.5 Å². The molecule has 0 spiro atoms. The second kappa shape index (κ2) is 8.62. The minimum atomic E-state index is -0.406. The van der Waals surface area contributed by atoms with Crippen LogP contribution in [0.3, 0.4) is 0 Å². The third-order valence-corrected chi connectivity index (χ3v) is 4.75. The van der Waals surface area contributed by atoms with Crippen molar-refractivity contribution in [2.45, 2.75) is 6.92 Å². The lowest BCUT2D eigenvalue weighted by Gasteiger charge is -2.14. The summed E-state index contributed by atoms with van der Waals surface area (Å²) in [5.41, 5.74) is 4.77. The maximum Gasteiger partial charge on any atom is 0.271 e. The van der Waals surface area contributed by atoms with Crippen LogP contribution in [0.25, 0.3) is 0 Å². The van der Waals surface area contributed by atoms with Crippen molar-refractivity contribution in [3.8, 4) is 5.75 Å². The Morgan fingerprint density at radius 3 is 2.13 bits per heavy atom. The molecule has 0 radical (unpaired) electrons. The van der Waals surface area contributed by atoms with Crippen molar-refractivity contribution in [1.82, 2.24) is 5.43 Å². The number of hydrogen-bond donors (Lipinski definition) is 1. The van der Waals surface area contributed by atoms with Crippen LogP contribution in [-0.4, -0.2) is 30.5 Å². The molecule has 4 rings (SSSR count). The summed E-state index contributed by atoms with van der Waals surface area (Å²) < 4.78 is 5.38. The largest absolute Gasteiger partial charge is 0.494 e. The minimum absolute atomic E-state index is 0.351. The molecule has 31 heavy (non-hydrogen) atoms. The van der Waals surface area contributed by atoms with Gasteiger partial charge in [0.1, 0.15) is 5.75 Å². The third kappa shape index (κ3) is 4.06. The molecule has 1 aliphatic rings. The Morgan fingerprint density at radius 1 is 0.935 bits per heavy atom. The summed E-state index contributed by atoms with van der Waals surface area (Å²) in [6.45, 7) is 2.51. The van der Waals surface area contributed by atoms with Gasteiger partial charge in [-0.15, -0.1) is 0 Å². The van der Waals surface area contributed by atoms with Gasteiger partial charge in [-0.1, -0.05) is 12.1 Å². The van der Waals surface area contributed by atoms with E-state index in [0.29, 0.717) is 29.0 Å². The predicted molar refractivity (Wildman–Crippen MR) is 117 cm³/mol. The molecule has 1 N–H and O–H groups in total. The fourth-order valence-electron chi connectivity index (χ4n) is 3.23. The van der Waals surface area contributed by atoms with Crippen molar-refractivity contribution in [2.24, 2.45) is 5.10 Å². The Morgan fingerprint density at radius 2 is 1.55 bits per heavy atom. The number of anilines is 1. The van der Waals surface area contributed by atoms with Crippen molar-refractivity contribution in [3.63, 3.8) is 0 Å². The molecule has 1 heterocycles. The zero-order valence-electron chi connectivity index (χ0n) is 16.7. The summed E-state index contributed by atoms with van der Waals surface area (Å²) in [5, 5.41) is 3.96. The van der Waals surface area contributed by atoms with E-state index in [1.807, 2.05) is 31.2 Å². The van der Waals surface area contributed by atoms with Crippen molar-refractivity contribution < 1.29 is 19.1 Å². The summed E-state index contributed by atoms with van der Waals surface area (Å²) in [7, 11) is 0. The van der Waals surface area contributed by atoms with Gasteiger partial charge in [-0.25, -0.2) is 10.3 Å². The molecule has 7 nitrogen and oxygen atoms in total. The van der Waals surface area contributed by atoms with Crippen LogP contribution >= 0.6 is 0 Å². The van der Waals surface area contributed by atoms with Crippen LogP contribution in [0.2, 0.25) is 0 Å². The minimum Gasteiger partial charge on any atom is -0.494 e. The summed E-state index contributed by atoms with van der Waals surface area (Å²) in [5.74, 6) is -0.395. The Hall–Kier alpha value is -4.26. The zero-order valence-corrected chi connectivity index (χ0v) is 16.7. The molecular formula is C24H19N3O4. The van der Waals surface area contributed by atoms with E-state index in [-0.39, 0.29) is 11.8 Å². The Balaban J connectivity index is 1.41. The van der Waals surface area contributed by atoms with Gasteiger partial charge in [-0.3, -0.25) is 14.4 Å². The average molecular weight is 413 g/mol. The molecule has 0 aromatic heterocycles. The zero-order chi connectivity index (χ0) is 21.8. The van der Waals surface area contributed by atoms with Crippen molar-refractivity contribution >= 4 is 29.6 Å². The average Bonchev–Trinajstić information content (AvgIpc) is 3.05. The van der Waals surface area contributed by atoms with E-state index >= 15 is 0 Å². The van der Waals surface area contributed by atoms with Crippen LogP contribution in [0.4, 0.5) is 5.69 Å². The number of hydrazone groups is 1. The van der Waals surface area contributed by atoms with Crippen LogP contribution in [-0.2, 0) is 0 Å². The number of amides is 3. The molecule has 7 heteroatoms. The first kappa shape index (κ1) is 20.0. The Labute approximate surface area is 179 Å². The lowest BCUT2D eigenvalue weighted by Crippen LogP contribution is -2.29. The van der Waals surface area contributed by atoms with Gasteiger partial charge in [0.15, 0.2) is 0 Å². The number of nitrogens with one attached hydrogen (secondary N) is 1. The number of hydrogen-bond acceptors (Lipinski definition) is 5. The highest BCUT2D eigenvalue weighted by atomic mass is 16.5. The molecule has 3 aromatic rings. The molecule has 154 valence electrons. The smallest absolute Gasteiger partial charge is 0.271 e. The second-order valence-corrected chi connectivity index (χ2v) is 6.74. The fourth-order valence-corrected chi connectivity index (χ4v) is 3.23. The highest BCUT2D eigenvalue weighted by Crippen LogP contribution is 2.28. The first-order valence-electron chi connectivity index (χ1n) is 9.72. The fraction of sp³-hybridized carbons (Fsp3) is 0.0833. The van der Waals surface area contributed by atoms with Crippen LogP contribution in [0.15, 0.2) is 77.9 Å². The highest BCUT2D eigenvalue weighted by molar-refractivity contribution is 6.34. The standard InChI is InChI=1S/C24H19N3O4/c1-2-31-19-13-7-16(8-14-19)15-25-26-22(28)17-9-11-18(12-10-17)27-23(29)20-5-3-4-6-21(20)24(27)30/h3-15H,2H2,1H3,(H,26,28). The van der Waals surface area contributed by atoms with Gasteiger partial charge in [-0.05, 0) is 73.2 Å². The SMILES string of the molecule is CCOc1ccc(C=NNC(=O)c2ccc(N3C(=O)c4ccccc4C3=O)cc2)cc1. The molecular weight excluding hydrogens is 394 g/mol. The molecule has 0 bridgehead atoms. The lowest BCUT2D eigenvalue weighted by atomic mass is 10.1. The topological polar surface area (TPSA) is 88.1 Å². The van der Waals surface area contributed by atoms with Crippen LogP contribution < -0.4 is 15.1 Å². The first-order chi connectivity index (χ1) is 15.1. The van der Waals surface area contributed by atoms with E-state index in [4.69, 9.17) is 4.74 Å². The molecule has 0 atom stereocenters. The van der Waals surface area contributed by atoms with Gasteiger partial charge in [0.05, 0.1) is 29.6 Å². The quantitative estimate of drug-likeness (QED) is 0.380. The molecule has 3 aromatic carbocycles. The Bertz CT molecular complexity index is 1130. The summed E-state index contributed by atoms with van der Waals surface area (Å²) >= 11 is 0. The normalized spacial score (nSPS) is 12.9. The van der Waals surface area contributed by atoms with E-state index < -0.39 is 5.91 Å². The first-order valence-corrected chi connectivity index (χ1v) is 9.72. The van der Waals surface area contributed by atoms with Crippen LogP contribution in [0, 0.1) is 0 Å². The van der Waals surface area contributed by atoms with Crippen molar-refractivity contribution in [1.29, 1.82) is 0 Å². The van der Waals surface area contributed by atoms with E-state index in [1.165, 1.54) is 6.21 Å². The molecule has 0 saturated carbocycles. The molecule has 0 saturated heterocycles. The van der Waals surface area contributed by atoms with Crippen molar-refractivity contribution in [3.05, 3.63) is 95.1 Å². The van der Waals surface area contributed by atoms with Crippen LogP contribution in [0.5, 0.6) is 5.75 Å². The van der Waals surface area contributed by atoms with Crippen molar-refractivity contribution in [2.75, 3.05) is 11.5 Å². The van der Waals surface area contributed by atoms with Gasteiger partial charge in [0.25, 0.3) is 17.7 Å². The summed E-state index contributed by atoms with van der Waals surface area (Å²) in [6, 6.07) is 20.2. The van der Waals surface area contributed by atoms with Gasteiger partial charge in [0, 0.05) is 5.56 Å². The van der Waals surface area contributed by atoms with E-state index in [1.54, 1.807) is 48.5 Å². The van der Waals surface area contributed by atoms with Crippen LogP contribution in [0.1, 0.15) is 43.6 Å². The number of fused-ring (bicyclic) bond motifs is 1. The maximum atomic E-state index is 12.6. The summed E-state index contributed by atoms with van der Waals surface area (Å²) in [6.07, 6.45) is 1.53. The number of rotatable bonds is 6. The lowest BCUT2D eigenvalue weighted by molar-refractivity contribution is 0.0923. The van der Waals surface area contributed by atoms with Gasteiger partial charge in [-0.2, -0.15) is 5.10 Å². The Kier molecular flexibility index (Phi) is 5.57. The number of ether oxygens (including phenoxy) is 1. The monoisotopic (exact) mass is 413 g/mol. The van der Waals surface area contributed by atoms with E-state index in [9.17, 15) is 14.4 Å². The second-order valence-electron chi connectivity index (χ2n) is 6.74. The number of nitrogens with zero attached hydrogens (tertiary/aromatic N) is 2. The highest BCUT2D eigenvalue weighted by Gasteiger charge is 2.36. The molecule has 3 amide bonds. The number of imide groups is 1. The molecule has 0 fully saturated rings. The van der Waals surface area contributed by atoms with E-state index in [0.717, 1.165) is 16.2 Å². The van der Waals surface area contributed by atoms with Gasteiger partial charge >= 0.3 is 0 Å². The van der Waals surface area contributed by atoms with Gasteiger partial charge < -0.3 is 4.74 Å². The third-order valence-electron chi connectivity index (χ3n) is 4.75. The molecule has 0 aliphatic carbocycles. The van der Waals surface area contributed by atoms with Gasteiger partial charge in [0.2, 0.25) is 0 Å². The molecule has 1 aliphatic heterocycles. The number of carbonyl (C=O) groups excluding carboxylic acids is 3. The summed E-state index contributed by atoms with van der Waals surface area (Å²) in [4.78, 5) is 38.5. The number of carbonyl (C=O) groups is 3.